The molecule has 0 spiro atoms. The molecule has 1 aliphatic heterocycles. The molecule has 1 aromatic carbocycles. The van der Waals surface area contributed by atoms with E-state index in [4.69, 9.17) is 0 Å². The van der Waals surface area contributed by atoms with Crippen molar-refractivity contribution in [2.45, 2.75) is 37.8 Å². The van der Waals surface area contributed by atoms with Crippen LogP contribution in [0.25, 0.3) is 0 Å². The van der Waals surface area contributed by atoms with Crippen molar-refractivity contribution in [2.75, 3.05) is 18.0 Å². The molecule has 2 nitrogen and oxygen atoms in total. The number of halogens is 2. The smallest absolute Gasteiger partial charge is 0.138 e. The van der Waals surface area contributed by atoms with Gasteiger partial charge < -0.3 is 10.2 Å². The fourth-order valence-electron chi connectivity index (χ4n) is 2.65. The standard InChI is InChI=1S/C14H18FIN2/c15-12-4-1-5-13(14(12)16)18-8-2-3-11(9-18)17-10-6-7-10/h1,4-5,10-11,17H,2-3,6-9H2. The molecule has 1 saturated heterocycles. The Balaban J connectivity index is 1.72. The van der Waals surface area contributed by atoms with E-state index in [0.717, 1.165) is 28.4 Å². The molecule has 0 bridgehead atoms. The first-order valence-electron chi connectivity index (χ1n) is 6.69. The molecule has 1 aliphatic carbocycles. The van der Waals surface area contributed by atoms with Gasteiger partial charge in [-0.25, -0.2) is 4.39 Å². The molecule has 0 aromatic heterocycles. The third-order valence-electron chi connectivity index (χ3n) is 3.74. The monoisotopic (exact) mass is 360 g/mol. The number of benzene rings is 1. The summed E-state index contributed by atoms with van der Waals surface area (Å²) in [6, 6.07) is 6.71. The Bertz CT molecular complexity index is 434. The first-order valence-corrected chi connectivity index (χ1v) is 7.77. The summed E-state index contributed by atoms with van der Waals surface area (Å²) in [6.45, 7) is 2.05. The Labute approximate surface area is 121 Å². The average Bonchev–Trinajstić information content (AvgIpc) is 3.17. The molecule has 4 heteroatoms. The van der Waals surface area contributed by atoms with Gasteiger partial charge in [-0.15, -0.1) is 0 Å². The van der Waals surface area contributed by atoms with Crippen LogP contribution in [0.5, 0.6) is 0 Å². The van der Waals surface area contributed by atoms with Crippen molar-refractivity contribution >= 4 is 28.3 Å². The van der Waals surface area contributed by atoms with Crippen LogP contribution in [0.1, 0.15) is 25.7 Å². The Kier molecular flexibility index (Phi) is 3.75. The molecule has 2 fully saturated rings. The van der Waals surface area contributed by atoms with Crippen molar-refractivity contribution in [3.05, 3.63) is 27.6 Å². The van der Waals surface area contributed by atoms with E-state index in [1.165, 1.54) is 31.7 Å². The maximum Gasteiger partial charge on any atom is 0.138 e. The van der Waals surface area contributed by atoms with Crippen LogP contribution in [-0.2, 0) is 0 Å². The van der Waals surface area contributed by atoms with Gasteiger partial charge in [-0.2, -0.15) is 0 Å². The number of hydrogen-bond acceptors (Lipinski definition) is 2. The Morgan fingerprint density at radius 3 is 2.83 bits per heavy atom. The van der Waals surface area contributed by atoms with Crippen LogP contribution in [0.4, 0.5) is 10.1 Å². The van der Waals surface area contributed by atoms with E-state index >= 15 is 0 Å². The number of nitrogens with one attached hydrogen (secondary N) is 1. The fourth-order valence-corrected chi connectivity index (χ4v) is 3.35. The van der Waals surface area contributed by atoms with Gasteiger partial charge >= 0.3 is 0 Å². The summed E-state index contributed by atoms with van der Waals surface area (Å²) in [5.41, 5.74) is 1.05. The van der Waals surface area contributed by atoms with Crippen LogP contribution < -0.4 is 10.2 Å². The lowest BCUT2D eigenvalue weighted by Crippen LogP contribution is -2.46. The topological polar surface area (TPSA) is 15.3 Å². The van der Waals surface area contributed by atoms with E-state index in [1.54, 1.807) is 0 Å². The number of hydrogen-bond donors (Lipinski definition) is 1. The summed E-state index contributed by atoms with van der Waals surface area (Å²) in [5, 5.41) is 3.69. The highest BCUT2D eigenvalue weighted by Gasteiger charge is 2.28. The molecule has 3 rings (SSSR count). The van der Waals surface area contributed by atoms with Gasteiger partial charge in [0.25, 0.3) is 0 Å². The second-order valence-corrected chi connectivity index (χ2v) is 6.38. The van der Waals surface area contributed by atoms with Crippen LogP contribution in [-0.4, -0.2) is 25.2 Å². The van der Waals surface area contributed by atoms with Gasteiger partial charge in [-0.1, -0.05) is 6.07 Å². The number of rotatable bonds is 3. The quantitative estimate of drug-likeness (QED) is 0.834. The number of nitrogens with zero attached hydrogens (tertiary/aromatic N) is 1. The van der Waals surface area contributed by atoms with Gasteiger partial charge in [0, 0.05) is 25.2 Å². The lowest BCUT2D eigenvalue weighted by atomic mass is 10.0. The maximum absolute atomic E-state index is 13.6. The lowest BCUT2D eigenvalue weighted by molar-refractivity contribution is 0.420. The summed E-state index contributed by atoms with van der Waals surface area (Å²) >= 11 is 2.12. The Morgan fingerprint density at radius 2 is 2.06 bits per heavy atom. The minimum absolute atomic E-state index is 0.106. The number of anilines is 1. The molecule has 18 heavy (non-hydrogen) atoms. The Hall–Kier alpha value is -0.360. The van der Waals surface area contributed by atoms with Crippen LogP contribution >= 0.6 is 22.6 Å². The predicted molar refractivity (Wildman–Crippen MR) is 80.5 cm³/mol. The van der Waals surface area contributed by atoms with E-state index in [1.807, 2.05) is 12.1 Å². The van der Waals surface area contributed by atoms with E-state index in [2.05, 4.69) is 32.8 Å². The van der Waals surface area contributed by atoms with Crippen molar-refractivity contribution in [1.29, 1.82) is 0 Å². The van der Waals surface area contributed by atoms with Crippen LogP contribution in [0, 0.1) is 9.39 Å². The molecule has 1 aromatic rings. The molecule has 0 amide bonds. The van der Waals surface area contributed by atoms with Gasteiger partial charge in [0.05, 0.1) is 9.26 Å². The third-order valence-corrected chi connectivity index (χ3v) is 4.81. The highest BCUT2D eigenvalue weighted by Crippen LogP contribution is 2.28. The van der Waals surface area contributed by atoms with Crippen LogP contribution in [0.15, 0.2) is 18.2 Å². The zero-order valence-electron chi connectivity index (χ0n) is 10.3. The minimum atomic E-state index is -0.106. The molecule has 1 saturated carbocycles. The summed E-state index contributed by atoms with van der Waals surface area (Å²) in [5.74, 6) is -0.106. The van der Waals surface area contributed by atoms with Crippen molar-refractivity contribution < 1.29 is 4.39 Å². The van der Waals surface area contributed by atoms with E-state index in [-0.39, 0.29) is 5.82 Å². The van der Waals surface area contributed by atoms with Gasteiger partial charge in [-0.05, 0) is 60.4 Å². The molecular formula is C14H18FIN2. The molecular weight excluding hydrogens is 342 g/mol. The summed E-state index contributed by atoms with van der Waals surface area (Å²) in [7, 11) is 0. The predicted octanol–water partition coefficient (Wildman–Crippen LogP) is 3.15. The van der Waals surface area contributed by atoms with Crippen molar-refractivity contribution in [3.8, 4) is 0 Å². The largest absolute Gasteiger partial charge is 0.369 e. The summed E-state index contributed by atoms with van der Waals surface area (Å²) in [6.07, 6.45) is 5.10. The fraction of sp³-hybridized carbons (Fsp3) is 0.571. The van der Waals surface area contributed by atoms with Crippen LogP contribution in [0.2, 0.25) is 0 Å². The van der Waals surface area contributed by atoms with Gasteiger partial charge in [0.2, 0.25) is 0 Å². The SMILES string of the molecule is Fc1cccc(N2CCCC(NC3CC3)C2)c1I. The van der Waals surface area contributed by atoms with Gasteiger partial charge in [0.1, 0.15) is 5.82 Å². The molecule has 1 atom stereocenters. The number of piperidine rings is 1. The maximum atomic E-state index is 13.6. The highest BCUT2D eigenvalue weighted by atomic mass is 127. The Morgan fingerprint density at radius 1 is 1.22 bits per heavy atom. The zero-order valence-corrected chi connectivity index (χ0v) is 12.5. The van der Waals surface area contributed by atoms with E-state index in [0.29, 0.717) is 6.04 Å². The summed E-state index contributed by atoms with van der Waals surface area (Å²) < 4.78 is 14.4. The van der Waals surface area contributed by atoms with E-state index < -0.39 is 0 Å². The molecule has 1 heterocycles. The second kappa shape index (κ2) is 5.33. The highest BCUT2D eigenvalue weighted by molar-refractivity contribution is 14.1. The zero-order chi connectivity index (χ0) is 12.5. The van der Waals surface area contributed by atoms with Crippen molar-refractivity contribution in [2.24, 2.45) is 0 Å². The van der Waals surface area contributed by atoms with Crippen LogP contribution in [0.3, 0.4) is 0 Å². The normalized spacial score (nSPS) is 24.3. The third kappa shape index (κ3) is 2.79. The molecule has 1 N–H and O–H groups in total. The second-order valence-electron chi connectivity index (χ2n) is 5.30. The molecule has 2 aliphatic rings. The summed E-state index contributed by atoms with van der Waals surface area (Å²) in [4.78, 5) is 2.33. The first kappa shape index (κ1) is 12.7. The molecule has 98 valence electrons. The van der Waals surface area contributed by atoms with E-state index in [9.17, 15) is 4.39 Å². The van der Waals surface area contributed by atoms with Crippen molar-refractivity contribution in [1.82, 2.24) is 5.32 Å². The average molecular weight is 360 g/mol. The van der Waals surface area contributed by atoms with Gasteiger partial charge in [0.15, 0.2) is 0 Å². The van der Waals surface area contributed by atoms with Gasteiger partial charge in [-0.3, -0.25) is 0 Å². The molecule has 1 unspecified atom stereocenters. The molecule has 0 radical (unpaired) electrons. The minimum Gasteiger partial charge on any atom is -0.369 e. The first-order chi connectivity index (χ1) is 8.74. The van der Waals surface area contributed by atoms with Crippen molar-refractivity contribution in [3.63, 3.8) is 0 Å². The lowest BCUT2D eigenvalue weighted by Gasteiger charge is -2.35.